The van der Waals surface area contributed by atoms with E-state index in [4.69, 9.17) is 0 Å². The number of sulfonamides is 1. The van der Waals surface area contributed by atoms with Gasteiger partial charge < -0.3 is 4.90 Å². The first-order chi connectivity index (χ1) is 13.0. The molecule has 0 unspecified atom stereocenters. The van der Waals surface area contributed by atoms with Gasteiger partial charge in [0.25, 0.3) is 0 Å². The molecule has 0 aliphatic carbocycles. The van der Waals surface area contributed by atoms with E-state index in [2.05, 4.69) is 24.3 Å². The third kappa shape index (κ3) is 4.96. The molecule has 0 aromatic heterocycles. The van der Waals surface area contributed by atoms with Gasteiger partial charge in [-0.05, 0) is 42.9 Å². The maximum atomic E-state index is 12.6. The standard InChI is InChI=1S/C21H26N2O3S/c1-22(27(25,26)20-10-6-3-7-11-20)17-21(24)23-14-12-19(13-15-23)16-18-8-4-2-5-9-18/h2-11,19H,12-17H2,1H3. The SMILES string of the molecule is CN(CC(=O)N1CCC(Cc2ccccc2)CC1)S(=O)(=O)c1ccccc1. The Hall–Kier alpha value is -2.18. The van der Waals surface area contributed by atoms with E-state index in [1.807, 2.05) is 6.07 Å². The van der Waals surface area contributed by atoms with Crippen LogP contribution in [0.4, 0.5) is 0 Å². The van der Waals surface area contributed by atoms with Gasteiger partial charge in [-0.1, -0.05) is 48.5 Å². The molecule has 0 N–H and O–H groups in total. The van der Waals surface area contributed by atoms with Crippen molar-refractivity contribution < 1.29 is 13.2 Å². The lowest BCUT2D eigenvalue weighted by Crippen LogP contribution is -2.44. The molecule has 0 radical (unpaired) electrons. The minimum Gasteiger partial charge on any atom is -0.342 e. The molecule has 0 atom stereocenters. The van der Waals surface area contributed by atoms with Crippen LogP contribution in [0, 0.1) is 5.92 Å². The second-order valence-corrected chi connectivity index (χ2v) is 9.13. The molecule has 0 saturated carbocycles. The summed E-state index contributed by atoms with van der Waals surface area (Å²) in [5, 5.41) is 0. The van der Waals surface area contributed by atoms with Gasteiger partial charge in [0.15, 0.2) is 0 Å². The van der Waals surface area contributed by atoms with E-state index in [0.717, 1.165) is 23.6 Å². The van der Waals surface area contributed by atoms with Crippen molar-refractivity contribution in [3.63, 3.8) is 0 Å². The first-order valence-electron chi connectivity index (χ1n) is 9.30. The number of piperidine rings is 1. The monoisotopic (exact) mass is 386 g/mol. The highest BCUT2D eigenvalue weighted by Gasteiger charge is 2.27. The predicted octanol–water partition coefficient (Wildman–Crippen LogP) is 2.79. The summed E-state index contributed by atoms with van der Waals surface area (Å²) < 4.78 is 26.3. The summed E-state index contributed by atoms with van der Waals surface area (Å²) in [5.41, 5.74) is 1.33. The second-order valence-electron chi connectivity index (χ2n) is 7.09. The summed E-state index contributed by atoms with van der Waals surface area (Å²) >= 11 is 0. The minimum absolute atomic E-state index is 0.124. The average Bonchev–Trinajstić information content (AvgIpc) is 2.70. The molecule has 2 aromatic carbocycles. The van der Waals surface area contributed by atoms with Crippen LogP contribution >= 0.6 is 0 Å². The van der Waals surface area contributed by atoms with Crippen LogP contribution in [0.3, 0.4) is 0 Å². The van der Waals surface area contributed by atoms with Gasteiger partial charge in [-0.25, -0.2) is 8.42 Å². The van der Waals surface area contributed by atoms with Crippen molar-refractivity contribution in [2.45, 2.75) is 24.2 Å². The molecule has 1 amide bonds. The molecule has 6 heteroatoms. The minimum atomic E-state index is -3.64. The fourth-order valence-electron chi connectivity index (χ4n) is 3.48. The van der Waals surface area contributed by atoms with Crippen molar-refractivity contribution in [1.29, 1.82) is 0 Å². The highest BCUT2D eigenvalue weighted by atomic mass is 32.2. The number of likely N-dealkylation sites (tertiary alicyclic amines) is 1. The molecule has 144 valence electrons. The zero-order valence-electron chi connectivity index (χ0n) is 15.6. The fourth-order valence-corrected chi connectivity index (χ4v) is 4.62. The van der Waals surface area contributed by atoms with Crippen molar-refractivity contribution in [1.82, 2.24) is 9.21 Å². The molecule has 27 heavy (non-hydrogen) atoms. The number of carbonyl (C=O) groups excluding carboxylic acids is 1. The van der Waals surface area contributed by atoms with Gasteiger partial charge in [0.05, 0.1) is 11.4 Å². The number of amides is 1. The molecule has 2 aromatic rings. The number of rotatable bonds is 6. The molecule has 1 heterocycles. The lowest BCUT2D eigenvalue weighted by molar-refractivity contribution is -0.132. The van der Waals surface area contributed by atoms with Crippen LogP contribution in [0.2, 0.25) is 0 Å². The van der Waals surface area contributed by atoms with Gasteiger partial charge in [0, 0.05) is 20.1 Å². The van der Waals surface area contributed by atoms with Gasteiger partial charge in [0.1, 0.15) is 0 Å². The van der Waals surface area contributed by atoms with Gasteiger partial charge in [0.2, 0.25) is 15.9 Å². The van der Waals surface area contributed by atoms with E-state index in [-0.39, 0.29) is 17.3 Å². The molecule has 5 nitrogen and oxygen atoms in total. The molecular weight excluding hydrogens is 360 g/mol. The molecule has 1 saturated heterocycles. The second kappa shape index (κ2) is 8.67. The molecule has 1 fully saturated rings. The number of benzene rings is 2. The van der Waals surface area contributed by atoms with E-state index in [1.54, 1.807) is 35.2 Å². The average molecular weight is 387 g/mol. The van der Waals surface area contributed by atoms with Gasteiger partial charge >= 0.3 is 0 Å². The van der Waals surface area contributed by atoms with Crippen molar-refractivity contribution >= 4 is 15.9 Å². The number of hydrogen-bond donors (Lipinski definition) is 0. The van der Waals surface area contributed by atoms with Crippen LogP contribution in [-0.4, -0.2) is 50.2 Å². The highest BCUT2D eigenvalue weighted by molar-refractivity contribution is 7.89. The Balaban J connectivity index is 1.52. The van der Waals surface area contributed by atoms with Crippen LogP contribution < -0.4 is 0 Å². The van der Waals surface area contributed by atoms with Gasteiger partial charge in [-0.15, -0.1) is 0 Å². The Labute approximate surface area is 161 Å². The Bertz CT molecular complexity index is 846. The van der Waals surface area contributed by atoms with E-state index in [9.17, 15) is 13.2 Å². The van der Waals surface area contributed by atoms with Gasteiger partial charge in [-0.3, -0.25) is 4.79 Å². The molecule has 0 spiro atoms. The quantitative estimate of drug-likeness (QED) is 0.767. The number of carbonyl (C=O) groups is 1. The maximum Gasteiger partial charge on any atom is 0.243 e. The first-order valence-corrected chi connectivity index (χ1v) is 10.7. The molecule has 1 aliphatic rings. The topological polar surface area (TPSA) is 57.7 Å². The van der Waals surface area contributed by atoms with Crippen LogP contribution in [0.5, 0.6) is 0 Å². The summed E-state index contributed by atoms with van der Waals surface area (Å²) in [5.74, 6) is 0.442. The third-order valence-corrected chi connectivity index (χ3v) is 6.96. The summed E-state index contributed by atoms with van der Waals surface area (Å²) in [7, 11) is -2.18. The summed E-state index contributed by atoms with van der Waals surface area (Å²) in [6.45, 7) is 1.26. The number of likely N-dealkylation sites (N-methyl/N-ethyl adjacent to an activating group) is 1. The summed E-state index contributed by atoms with van der Waals surface area (Å²) in [4.78, 5) is 14.6. The third-order valence-electron chi connectivity index (χ3n) is 5.14. The predicted molar refractivity (Wildman–Crippen MR) is 106 cm³/mol. The van der Waals surface area contributed by atoms with Crippen LogP contribution in [0.25, 0.3) is 0 Å². The van der Waals surface area contributed by atoms with E-state index >= 15 is 0 Å². The highest BCUT2D eigenvalue weighted by Crippen LogP contribution is 2.22. The molecule has 0 bridgehead atoms. The Morgan fingerprint density at radius 1 is 1.00 bits per heavy atom. The van der Waals surface area contributed by atoms with Crippen LogP contribution in [0.1, 0.15) is 18.4 Å². The largest absolute Gasteiger partial charge is 0.342 e. The van der Waals surface area contributed by atoms with Crippen molar-refractivity contribution in [3.05, 3.63) is 66.2 Å². The Kier molecular flexibility index (Phi) is 6.29. The van der Waals surface area contributed by atoms with Crippen LogP contribution in [-0.2, 0) is 21.2 Å². The Morgan fingerprint density at radius 2 is 1.56 bits per heavy atom. The molecule has 3 rings (SSSR count). The van der Waals surface area contributed by atoms with E-state index in [0.29, 0.717) is 19.0 Å². The number of hydrogen-bond acceptors (Lipinski definition) is 3. The molecule has 1 aliphatic heterocycles. The summed E-state index contributed by atoms with van der Waals surface area (Å²) in [6, 6.07) is 18.6. The van der Waals surface area contributed by atoms with Crippen LogP contribution in [0.15, 0.2) is 65.6 Å². The maximum absolute atomic E-state index is 12.6. The first kappa shape index (κ1) is 19.6. The lowest BCUT2D eigenvalue weighted by atomic mass is 9.90. The zero-order chi connectivity index (χ0) is 19.3. The normalized spacial score (nSPS) is 15.9. The zero-order valence-corrected chi connectivity index (χ0v) is 16.4. The van der Waals surface area contributed by atoms with E-state index < -0.39 is 10.0 Å². The number of nitrogens with zero attached hydrogens (tertiary/aromatic N) is 2. The Morgan fingerprint density at radius 3 is 2.15 bits per heavy atom. The van der Waals surface area contributed by atoms with Crippen molar-refractivity contribution in [2.75, 3.05) is 26.7 Å². The molecular formula is C21H26N2O3S. The van der Waals surface area contributed by atoms with E-state index in [1.165, 1.54) is 12.6 Å². The summed E-state index contributed by atoms with van der Waals surface area (Å²) in [6.07, 6.45) is 2.94. The van der Waals surface area contributed by atoms with Gasteiger partial charge in [-0.2, -0.15) is 4.31 Å². The fraction of sp³-hybridized carbons (Fsp3) is 0.381. The van der Waals surface area contributed by atoms with Crippen molar-refractivity contribution in [2.24, 2.45) is 5.92 Å². The van der Waals surface area contributed by atoms with Crippen molar-refractivity contribution in [3.8, 4) is 0 Å². The smallest absolute Gasteiger partial charge is 0.243 e. The lowest BCUT2D eigenvalue weighted by Gasteiger charge is -2.33.